The Hall–Kier alpha value is -2.28. The summed E-state index contributed by atoms with van der Waals surface area (Å²) in [7, 11) is 0.00108. The molecule has 106 valence electrons. The van der Waals surface area contributed by atoms with E-state index in [-0.39, 0.29) is 10.7 Å². The number of nitrogens with zero attached hydrogens (tertiary/aromatic N) is 2. The number of nitrogen functional groups attached to an aromatic ring is 1. The van der Waals surface area contributed by atoms with Gasteiger partial charge in [-0.05, 0) is 18.2 Å². The zero-order valence-corrected chi connectivity index (χ0v) is 12.1. The van der Waals surface area contributed by atoms with Crippen LogP contribution in [0.5, 0.6) is 0 Å². The molecular formula is C13H16N4O2S. The summed E-state index contributed by atoms with van der Waals surface area (Å²) >= 11 is 0. The molecule has 0 unspecified atom stereocenters. The number of hydrogen-bond donors (Lipinski definition) is 2. The van der Waals surface area contributed by atoms with Crippen molar-refractivity contribution in [2.24, 2.45) is 0 Å². The first-order valence-corrected chi connectivity index (χ1v) is 7.39. The molecule has 0 saturated heterocycles. The Kier molecular flexibility index (Phi) is 3.80. The fraction of sp³-hybridized carbons (Fsp3) is 0.154. The summed E-state index contributed by atoms with van der Waals surface area (Å²) in [6.07, 6.45) is 1.36. The highest BCUT2D eigenvalue weighted by Gasteiger charge is 2.16. The highest BCUT2D eigenvalue weighted by Crippen LogP contribution is 2.26. The molecule has 1 aromatic carbocycles. The lowest BCUT2D eigenvalue weighted by Gasteiger charge is -2.18. The average Bonchev–Trinajstić information content (AvgIpc) is 2.38. The minimum absolute atomic E-state index is 0.0820. The van der Waals surface area contributed by atoms with Crippen LogP contribution in [-0.2, 0) is 10.0 Å². The highest BCUT2D eigenvalue weighted by molar-refractivity contribution is 7.92. The topological polar surface area (TPSA) is 88.3 Å². The monoisotopic (exact) mass is 292 g/mol. The maximum atomic E-state index is 12.3. The summed E-state index contributed by atoms with van der Waals surface area (Å²) in [6.45, 7) is 0. The second kappa shape index (κ2) is 5.38. The molecule has 0 aliphatic carbocycles. The molecule has 6 nitrogen and oxygen atoms in total. The fourth-order valence-corrected chi connectivity index (χ4v) is 2.84. The SMILES string of the molecule is CN(C)c1ccccc1NS(=O)(=O)c1ccnc(N)c1. The van der Waals surface area contributed by atoms with Crippen LogP contribution in [0.15, 0.2) is 47.5 Å². The van der Waals surface area contributed by atoms with Gasteiger partial charge in [-0.15, -0.1) is 0 Å². The summed E-state index contributed by atoms with van der Waals surface area (Å²) in [4.78, 5) is 5.70. The third-order valence-corrected chi connectivity index (χ3v) is 4.06. The van der Waals surface area contributed by atoms with Crippen molar-refractivity contribution in [2.45, 2.75) is 4.90 Å². The molecule has 0 aliphatic heterocycles. The fourth-order valence-electron chi connectivity index (χ4n) is 1.75. The van der Waals surface area contributed by atoms with Crippen LogP contribution in [0, 0.1) is 0 Å². The number of hydrogen-bond acceptors (Lipinski definition) is 5. The average molecular weight is 292 g/mol. The summed E-state index contributed by atoms with van der Waals surface area (Å²) in [6, 6.07) is 9.87. The Bertz CT molecular complexity index is 714. The van der Waals surface area contributed by atoms with E-state index in [0.29, 0.717) is 5.69 Å². The van der Waals surface area contributed by atoms with Gasteiger partial charge in [0.05, 0.1) is 16.3 Å². The molecule has 7 heteroatoms. The van der Waals surface area contributed by atoms with E-state index in [9.17, 15) is 8.42 Å². The molecule has 0 saturated carbocycles. The maximum absolute atomic E-state index is 12.3. The van der Waals surface area contributed by atoms with Gasteiger partial charge in [0.1, 0.15) is 5.82 Å². The Morgan fingerprint density at radius 3 is 2.55 bits per heavy atom. The normalized spacial score (nSPS) is 11.1. The van der Waals surface area contributed by atoms with Crippen LogP contribution in [0.3, 0.4) is 0 Å². The molecule has 2 aromatic rings. The van der Waals surface area contributed by atoms with E-state index in [1.165, 1.54) is 18.3 Å². The second-order valence-corrected chi connectivity index (χ2v) is 6.12. The van der Waals surface area contributed by atoms with Gasteiger partial charge >= 0.3 is 0 Å². The van der Waals surface area contributed by atoms with Gasteiger partial charge in [-0.1, -0.05) is 12.1 Å². The minimum atomic E-state index is -3.69. The molecule has 0 aliphatic rings. The number of nitrogens with two attached hydrogens (primary N) is 1. The Balaban J connectivity index is 2.39. The molecule has 1 heterocycles. The summed E-state index contributed by atoms with van der Waals surface area (Å²) < 4.78 is 27.2. The van der Waals surface area contributed by atoms with E-state index >= 15 is 0 Å². The van der Waals surface area contributed by atoms with E-state index in [0.717, 1.165) is 5.69 Å². The van der Waals surface area contributed by atoms with Crippen LogP contribution in [0.1, 0.15) is 0 Å². The van der Waals surface area contributed by atoms with Crippen LogP contribution in [0.2, 0.25) is 0 Å². The third-order valence-electron chi connectivity index (χ3n) is 2.69. The first-order chi connectivity index (χ1) is 9.40. The third kappa shape index (κ3) is 3.00. The van der Waals surface area contributed by atoms with Crippen LogP contribution in [0.4, 0.5) is 17.2 Å². The smallest absolute Gasteiger partial charge is 0.262 e. The molecule has 2 rings (SSSR count). The number of anilines is 3. The molecule has 0 amide bonds. The van der Waals surface area contributed by atoms with Gasteiger partial charge in [-0.2, -0.15) is 0 Å². The van der Waals surface area contributed by atoms with Crippen molar-refractivity contribution < 1.29 is 8.42 Å². The lowest BCUT2D eigenvalue weighted by molar-refractivity contribution is 0.601. The lowest BCUT2D eigenvalue weighted by atomic mass is 10.2. The maximum Gasteiger partial charge on any atom is 0.262 e. The van der Waals surface area contributed by atoms with Gasteiger partial charge in [0.25, 0.3) is 10.0 Å². The Morgan fingerprint density at radius 1 is 1.20 bits per heavy atom. The molecule has 0 atom stereocenters. The number of benzene rings is 1. The summed E-state index contributed by atoms with van der Waals surface area (Å²) in [5.41, 5.74) is 6.80. The van der Waals surface area contributed by atoms with Crippen LogP contribution >= 0.6 is 0 Å². The van der Waals surface area contributed by atoms with Crippen molar-refractivity contribution in [3.05, 3.63) is 42.6 Å². The van der Waals surface area contributed by atoms with E-state index < -0.39 is 10.0 Å². The summed E-state index contributed by atoms with van der Waals surface area (Å²) in [5.74, 6) is 0.161. The quantitative estimate of drug-likeness (QED) is 0.892. The van der Waals surface area contributed by atoms with Crippen molar-refractivity contribution in [1.82, 2.24) is 4.98 Å². The molecule has 0 radical (unpaired) electrons. The predicted octanol–water partition coefficient (Wildman–Crippen LogP) is 1.53. The van der Waals surface area contributed by atoms with Gasteiger partial charge in [-0.25, -0.2) is 13.4 Å². The summed E-state index contributed by atoms with van der Waals surface area (Å²) in [5, 5.41) is 0. The van der Waals surface area contributed by atoms with E-state index in [2.05, 4.69) is 9.71 Å². The molecule has 0 fully saturated rings. The number of pyridine rings is 1. The number of sulfonamides is 1. The minimum Gasteiger partial charge on any atom is -0.384 e. The van der Waals surface area contributed by atoms with Crippen LogP contribution < -0.4 is 15.4 Å². The van der Waals surface area contributed by atoms with Gasteiger partial charge in [-0.3, -0.25) is 4.72 Å². The second-order valence-electron chi connectivity index (χ2n) is 4.43. The Labute approximate surface area is 118 Å². The van der Waals surface area contributed by atoms with Crippen LogP contribution in [0.25, 0.3) is 0 Å². The predicted molar refractivity (Wildman–Crippen MR) is 80.2 cm³/mol. The van der Waals surface area contributed by atoms with E-state index in [1.807, 2.05) is 31.1 Å². The number of aromatic nitrogens is 1. The van der Waals surface area contributed by atoms with Gasteiger partial charge in [0, 0.05) is 26.4 Å². The van der Waals surface area contributed by atoms with Crippen molar-refractivity contribution >= 4 is 27.2 Å². The molecule has 3 N–H and O–H groups in total. The first kappa shape index (κ1) is 14.1. The van der Waals surface area contributed by atoms with Crippen molar-refractivity contribution in [3.8, 4) is 0 Å². The molecule has 0 bridgehead atoms. The van der Waals surface area contributed by atoms with Crippen molar-refractivity contribution in [2.75, 3.05) is 29.5 Å². The zero-order chi connectivity index (χ0) is 14.8. The number of rotatable bonds is 4. The van der Waals surface area contributed by atoms with Crippen LogP contribution in [-0.4, -0.2) is 27.5 Å². The zero-order valence-electron chi connectivity index (χ0n) is 11.2. The standard InChI is InChI=1S/C13H16N4O2S/c1-17(2)12-6-4-3-5-11(12)16-20(18,19)10-7-8-15-13(14)9-10/h3-9,16H,1-2H3,(H2,14,15). The number of para-hydroxylation sites is 2. The van der Waals surface area contributed by atoms with E-state index in [4.69, 9.17) is 5.73 Å². The van der Waals surface area contributed by atoms with Gasteiger partial charge < -0.3 is 10.6 Å². The molecule has 0 spiro atoms. The molecule has 20 heavy (non-hydrogen) atoms. The first-order valence-electron chi connectivity index (χ1n) is 5.91. The van der Waals surface area contributed by atoms with E-state index in [1.54, 1.807) is 12.1 Å². The lowest BCUT2D eigenvalue weighted by Crippen LogP contribution is -2.17. The van der Waals surface area contributed by atoms with Gasteiger partial charge in [0.2, 0.25) is 0 Å². The molecular weight excluding hydrogens is 276 g/mol. The highest BCUT2D eigenvalue weighted by atomic mass is 32.2. The Morgan fingerprint density at radius 2 is 1.90 bits per heavy atom. The van der Waals surface area contributed by atoms with Crippen molar-refractivity contribution in [1.29, 1.82) is 0 Å². The number of nitrogens with one attached hydrogen (secondary N) is 1. The molecule has 1 aromatic heterocycles. The van der Waals surface area contributed by atoms with Gasteiger partial charge in [0.15, 0.2) is 0 Å². The van der Waals surface area contributed by atoms with Crippen molar-refractivity contribution in [3.63, 3.8) is 0 Å². The largest absolute Gasteiger partial charge is 0.384 e.